The monoisotopic (exact) mass is 471 g/mol. The van der Waals surface area contributed by atoms with Gasteiger partial charge in [-0.05, 0) is 42.5 Å². The Labute approximate surface area is 183 Å². The van der Waals surface area contributed by atoms with Crippen LogP contribution in [0.2, 0.25) is 10.3 Å². The average molecular weight is 472 g/mol. The summed E-state index contributed by atoms with van der Waals surface area (Å²) in [6.07, 6.45) is -4.87. The molecule has 0 spiro atoms. The highest BCUT2D eigenvalue weighted by Crippen LogP contribution is 2.37. The maximum Gasteiger partial charge on any atom is 0.418 e. The number of carbonyl (C=O) groups is 2. The van der Waals surface area contributed by atoms with Crippen molar-refractivity contribution in [3.05, 3.63) is 87.4 Å². The molecule has 3 aromatic rings. The summed E-state index contributed by atoms with van der Waals surface area (Å²) in [6.45, 7) is 0. The van der Waals surface area contributed by atoms with Crippen LogP contribution in [0, 0.1) is 5.82 Å². The Morgan fingerprint density at radius 1 is 0.871 bits per heavy atom. The highest BCUT2D eigenvalue weighted by Gasteiger charge is 2.34. The molecule has 11 heteroatoms. The van der Waals surface area contributed by atoms with Gasteiger partial charge in [-0.25, -0.2) is 9.37 Å². The van der Waals surface area contributed by atoms with Crippen LogP contribution in [-0.4, -0.2) is 16.8 Å². The average Bonchev–Trinajstić information content (AvgIpc) is 2.68. The molecule has 1 aromatic heterocycles. The molecule has 5 nitrogen and oxygen atoms in total. The van der Waals surface area contributed by atoms with Crippen molar-refractivity contribution in [3.8, 4) is 0 Å². The van der Waals surface area contributed by atoms with E-state index in [0.717, 1.165) is 18.2 Å². The highest BCUT2D eigenvalue weighted by atomic mass is 35.5. The first kappa shape index (κ1) is 22.5. The second-order valence-electron chi connectivity index (χ2n) is 6.12. The van der Waals surface area contributed by atoms with E-state index < -0.39 is 35.1 Å². The van der Waals surface area contributed by atoms with E-state index in [1.807, 2.05) is 0 Å². The molecule has 0 radical (unpaired) electrons. The van der Waals surface area contributed by atoms with Crippen LogP contribution in [-0.2, 0) is 6.18 Å². The number of aromatic nitrogens is 1. The summed E-state index contributed by atoms with van der Waals surface area (Å²) in [5.41, 5.74) is -2.57. The zero-order valence-electron chi connectivity index (χ0n) is 15.2. The van der Waals surface area contributed by atoms with Crippen LogP contribution in [0.15, 0.2) is 54.6 Å². The van der Waals surface area contributed by atoms with Crippen LogP contribution in [0.5, 0.6) is 0 Å². The maximum atomic E-state index is 13.7. The quantitative estimate of drug-likeness (QED) is 0.359. The molecule has 0 atom stereocenters. The van der Waals surface area contributed by atoms with E-state index in [1.54, 1.807) is 0 Å². The van der Waals surface area contributed by atoms with Crippen LogP contribution in [0.25, 0.3) is 0 Å². The molecular weight excluding hydrogens is 461 g/mol. The fourth-order valence-corrected chi connectivity index (χ4v) is 3.01. The van der Waals surface area contributed by atoms with Gasteiger partial charge in [-0.1, -0.05) is 35.3 Å². The van der Waals surface area contributed by atoms with Gasteiger partial charge in [-0.3, -0.25) is 9.59 Å². The Morgan fingerprint density at radius 2 is 1.55 bits per heavy atom. The topological polar surface area (TPSA) is 71.1 Å². The molecule has 2 amide bonds. The molecule has 0 unspecified atom stereocenters. The number of amides is 2. The van der Waals surface area contributed by atoms with Crippen LogP contribution < -0.4 is 10.6 Å². The van der Waals surface area contributed by atoms with Gasteiger partial charge in [-0.2, -0.15) is 13.2 Å². The lowest BCUT2D eigenvalue weighted by Crippen LogP contribution is -2.19. The zero-order valence-corrected chi connectivity index (χ0v) is 16.7. The Kier molecular flexibility index (Phi) is 6.47. The van der Waals surface area contributed by atoms with Crippen molar-refractivity contribution in [2.75, 3.05) is 10.6 Å². The molecule has 0 fully saturated rings. The van der Waals surface area contributed by atoms with Gasteiger partial charge in [0.2, 0.25) is 0 Å². The Balaban J connectivity index is 1.89. The molecule has 2 N–H and O–H groups in total. The van der Waals surface area contributed by atoms with E-state index in [0.29, 0.717) is 6.07 Å². The van der Waals surface area contributed by atoms with Gasteiger partial charge in [0.05, 0.1) is 22.4 Å². The van der Waals surface area contributed by atoms with Gasteiger partial charge < -0.3 is 10.6 Å². The number of pyridine rings is 1. The van der Waals surface area contributed by atoms with Crippen LogP contribution in [0.1, 0.15) is 26.3 Å². The molecule has 2 aromatic carbocycles. The number of carbonyl (C=O) groups excluding carboxylic acids is 2. The molecule has 160 valence electrons. The number of hydrogen-bond acceptors (Lipinski definition) is 3. The molecule has 0 saturated carbocycles. The fourth-order valence-electron chi connectivity index (χ4n) is 2.58. The zero-order chi connectivity index (χ0) is 22.8. The molecule has 0 aliphatic carbocycles. The normalized spacial score (nSPS) is 11.2. The van der Waals surface area contributed by atoms with E-state index in [9.17, 15) is 27.2 Å². The minimum absolute atomic E-state index is 0.00692. The minimum atomic E-state index is -4.87. The number of nitrogens with one attached hydrogen (secondary N) is 2. The van der Waals surface area contributed by atoms with Gasteiger partial charge >= 0.3 is 6.18 Å². The third-order valence-corrected chi connectivity index (χ3v) is 4.51. The fraction of sp³-hybridized carbons (Fsp3) is 0.0500. The van der Waals surface area contributed by atoms with E-state index >= 15 is 0 Å². The summed E-state index contributed by atoms with van der Waals surface area (Å²) < 4.78 is 54.4. The number of rotatable bonds is 4. The minimum Gasteiger partial charge on any atom is -0.322 e. The van der Waals surface area contributed by atoms with Crippen molar-refractivity contribution in [2.45, 2.75) is 6.18 Å². The molecule has 0 aliphatic heterocycles. The number of alkyl halides is 3. The number of nitrogens with zero attached hydrogens (tertiary/aromatic N) is 1. The van der Waals surface area contributed by atoms with Crippen molar-refractivity contribution in [3.63, 3.8) is 0 Å². The summed E-state index contributed by atoms with van der Waals surface area (Å²) >= 11 is 11.5. The van der Waals surface area contributed by atoms with Crippen LogP contribution in [0.4, 0.5) is 28.9 Å². The largest absolute Gasteiger partial charge is 0.418 e. The van der Waals surface area contributed by atoms with Crippen molar-refractivity contribution in [2.24, 2.45) is 0 Å². The lowest BCUT2D eigenvalue weighted by atomic mass is 10.1. The Hall–Kier alpha value is -3.17. The predicted octanol–water partition coefficient (Wildman–Crippen LogP) is 6.05. The Morgan fingerprint density at radius 3 is 2.19 bits per heavy atom. The standard InChI is InChI=1S/C20H11Cl2F4N3O2/c21-16-8-6-12(17(22)29-16)19(31)28-15-7-5-10(9-13(15)20(24,25)26)27-18(30)11-3-1-2-4-14(11)23/h1-9H,(H,27,30)(H,28,31). The lowest BCUT2D eigenvalue weighted by molar-refractivity contribution is -0.136. The number of halogens is 6. The van der Waals surface area contributed by atoms with Crippen molar-refractivity contribution in [1.29, 1.82) is 0 Å². The summed E-state index contributed by atoms with van der Waals surface area (Å²) in [6, 6.07) is 10.2. The third-order valence-electron chi connectivity index (χ3n) is 4.01. The molecule has 31 heavy (non-hydrogen) atoms. The first-order chi connectivity index (χ1) is 14.6. The second kappa shape index (κ2) is 8.91. The maximum absolute atomic E-state index is 13.7. The first-order valence-corrected chi connectivity index (χ1v) is 9.22. The molecular formula is C20H11Cl2F4N3O2. The van der Waals surface area contributed by atoms with E-state index in [-0.39, 0.29) is 27.1 Å². The Bertz CT molecular complexity index is 1170. The summed E-state index contributed by atoms with van der Waals surface area (Å²) in [4.78, 5) is 28.2. The molecule has 0 aliphatic rings. The smallest absolute Gasteiger partial charge is 0.322 e. The number of hydrogen-bond donors (Lipinski definition) is 2. The summed E-state index contributed by atoms with van der Waals surface area (Å²) in [7, 11) is 0. The molecule has 0 saturated heterocycles. The lowest BCUT2D eigenvalue weighted by Gasteiger charge is -2.16. The van der Waals surface area contributed by atoms with Crippen molar-refractivity contribution >= 4 is 46.4 Å². The number of benzene rings is 2. The van der Waals surface area contributed by atoms with Gasteiger partial charge in [0.1, 0.15) is 16.1 Å². The van der Waals surface area contributed by atoms with Gasteiger partial charge in [-0.15, -0.1) is 0 Å². The predicted molar refractivity (Wildman–Crippen MR) is 108 cm³/mol. The highest BCUT2D eigenvalue weighted by molar-refractivity contribution is 6.35. The van der Waals surface area contributed by atoms with Crippen LogP contribution in [0.3, 0.4) is 0 Å². The molecule has 3 rings (SSSR count). The first-order valence-electron chi connectivity index (χ1n) is 8.47. The summed E-state index contributed by atoms with van der Waals surface area (Å²) in [5.74, 6) is -2.70. The van der Waals surface area contributed by atoms with E-state index in [1.165, 1.54) is 30.3 Å². The van der Waals surface area contributed by atoms with E-state index in [2.05, 4.69) is 15.6 Å². The molecule has 0 bridgehead atoms. The molecule has 1 heterocycles. The number of anilines is 2. The van der Waals surface area contributed by atoms with Crippen molar-refractivity contribution in [1.82, 2.24) is 4.98 Å². The van der Waals surface area contributed by atoms with Crippen molar-refractivity contribution < 1.29 is 27.2 Å². The SMILES string of the molecule is O=C(Nc1ccc(NC(=O)c2ccc(Cl)nc2Cl)c(C(F)(F)F)c1)c1ccccc1F. The summed E-state index contributed by atoms with van der Waals surface area (Å²) in [5, 5.41) is 4.04. The van der Waals surface area contributed by atoms with Gasteiger partial charge in [0.15, 0.2) is 0 Å². The third kappa shape index (κ3) is 5.31. The second-order valence-corrected chi connectivity index (χ2v) is 6.86. The van der Waals surface area contributed by atoms with Gasteiger partial charge in [0, 0.05) is 5.69 Å². The van der Waals surface area contributed by atoms with E-state index in [4.69, 9.17) is 23.2 Å². The van der Waals surface area contributed by atoms with Crippen LogP contribution >= 0.6 is 23.2 Å². The van der Waals surface area contributed by atoms with Gasteiger partial charge in [0.25, 0.3) is 11.8 Å².